The Bertz CT molecular complexity index is 3160. The molecule has 6 heteroatoms. The Kier molecular flexibility index (Phi) is 9.41. The van der Waals surface area contributed by atoms with E-state index in [1.54, 1.807) is 12.1 Å². The van der Waals surface area contributed by atoms with E-state index >= 15 is 0 Å². The molecule has 2 heterocycles. The number of rotatable bonds is 7. The molecule has 0 bridgehead atoms. The van der Waals surface area contributed by atoms with Crippen molar-refractivity contribution < 1.29 is 13.2 Å². The summed E-state index contributed by atoms with van der Waals surface area (Å²) in [5, 5.41) is 2.14. The van der Waals surface area contributed by atoms with Gasteiger partial charge in [0, 0.05) is 38.6 Å². The van der Waals surface area contributed by atoms with Gasteiger partial charge >= 0.3 is 6.18 Å². The largest absolute Gasteiger partial charge is 0.416 e. The molecule has 0 fully saturated rings. The van der Waals surface area contributed by atoms with Gasteiger partial charge in [0.05, 0.1) is 33.7 Å². The van der Waals surface area contributed by atoms with Crippen LogP contribution in [0, 0.1) is 13.8 Å². The van der Waals surface area contributed by atoms with Crippen molar-refractivity contribution in [2.24, 2.45) is 0 Å². The molecule has 61 heavy (non-hydrogen) atoms. The predicted molar refractivity (Wildman–Crippen MR) is 243 cm³/mol. The first-order valence-electron chi connectivity index (χ1n) is 20.2. The number of alkyl halides is 3. The van der Waals surface area contributed by atoms with Crippen molar-refractivity contribution in [3.63, 3.8) is 0 Å². The maximum atomic E-state index is 14.1. The predicted octanol–water partition coefficient (Wildman–Crippen LogP) is 15.2. The topological polar surface area (TPSA) is 30.7 Å². The fourth-order valence-corrected chi connectivity index (χ4v) is 8.38. The molecule has 10 rings (SSSR count). The standard InChI is InChI=1S/C55H38F3N3/c1-35-21-23-37(24-22-35)46-32-42(50-34-49(39-14-5-3-6-15-39)59-54(60-50)40-16-7-4-8-17-40)33-47(38-25-28-43(29-26-38)55(56,57)58)53(46)61-51-20-12-11-19-45(51)48-31-41(27-30-52(48)61)44-18-10-9-13-36(44)2/h3-34H,1-2H3. The van der Waals surface area contributed by atoms with Crippen molar-refractivity contribution in [2.45, 2.75) is 20.0 Å². The molecule has 0 spiro atoms. The highest BCUT2D eigenvalue weighted by molar-refractivity contribution is 6.12. The van der Waals surface area contributed by atoms with Crippen LogP contribution < -0.4 is 0 Å². The van der Waals surface area contributed by atoms with Gasteiger partial charge < -0.3 is 4.57 Å². The molecule has 0 aliphatic rings. The minimum absolute atomic E-state index is 0.570. The molecule has 0 unspecified atom stereocenters. The minimum Gasteiger partial charge on any atom is -0.308 e. The smallest absolute Gasteiger partial charge is 0.308 e. The van der Waals surface area contributed by atoms with Gasteiger partial charge in [-0.15, -0.1) is 0 Å². The lowest BCUT2D eigenvalue weighted by atomic mass is 9.91. The molecule has 0 saturated carbocycles. The second kappa shape index (κ2) is 15.2. The number of hydrogen-bond donors (Lipinski definition) is 0. The van der Waals surface area contributed by atoms with Crippen molar-refractivity contribution in [3.8, 4) is 73.0 Å². The summed E-state index contributed by atoms with van der Waals surface area (Å²) < 4.78 is 44.6. The van der Waals surface area contributed by atoms with Gasteiger partial charge in [-0.3, -0.25) is 0 Å². The normalized spacial score (nSPS) is 11.7. The molecule has 0 saturated heterocycles. The maximum absolute atomic E-state index is 14.1. The molecule has 294 valence electrons. The highest BCUT2D eigenvalue weighted by Gasteiger charge is 2.30. The van der Waals surface area contributed by atoms with Crippen molar-refractivity contribution in [1.29, 1.82) is 0 Å². The van der Waals surface area contributed by atoms with E-state index in [0.29, 0.717) is 17.1 Å². The quantitative estimate of drug-likeness (QED) is 0.161. The Morgan fingerprint density at radius 2 is 0.951 bits per heavy atom. The van der Waals surface area contributed by atoms with Gasteiger partial charge in [-0.05, 0) is 90.2 Å². The minimum atomic E-state index is -4.49. The van der Waals surface area contributed by atoms with E-state index in [0.717, 1.165) is 83.3 Å². The first kappa shape index (κ1) is 37.7. The van der Waals surface area contributed by atoms with Crippen LogP contribution in [0.15, 0.2) is 194 Å². The van der Waals surface area contributed by atoms with Gasteiger partial charge in [0.1, 0.15) is 0 Å². The molecule has 0 aliphatic heterocycles. The summed E-state index contributed by atoms with van der Waals surface area (Å²) in [6, 6.07) is 63.4. The van der Waals surface area contributed by atoms with Crippen LogP contribution in [0.3, 0.4) is 0 Å². The third-order valence-corrected chi connectivity index (χ3v) is 11.5. The highest BCUT2D eigenvalue weighted by atomic mass is 19.4. The number of nitrogens with zero attached hydrogens (tertiary/aromatic N) is 3. The van der Waals surface area contributed by atoms with Crippen LogP contribution in [0.5, 0.6) is 0 Å². The molecule has 0 radical (unpaired) electrons. The van der Waals surface area contributed by atoms with Crippen LogP contribution in [0.4, 0.5) is 13.2 Å². The molecule has 0 aliphatic carbocycles. The molecule has 8 aromatic carbocycles. The zero-order chi connectivity index (χ0) is 41.7. The lowest BCUT2D eigenvalue weighted by Crippen LogP contribution is -2.05. The fraction of sp³-hybridized carbons (Fsp3) is 0.0545. The van der Waals surface area contributed by atoms with Crippen molar-refractivity contribution in [2.75, 3.05) is 0 Å². The Balaban J connectivity index is 1.31. The third-order valence-electron chi connectivity index (χ3n) is 11.5. The Hall–Kier alpha value is -7.57. The van der Waals surface area contributed by atoms with E-state index in [2.05, 4.69) is 115 Å². The number of benzene rings is 8. The second-order valence-electron chi connectivity index (χ2n) is 15.5. The summed E-state index contributed by atoms with van der Waals surface area (Å²) in [6.45, 7) is 4.18. The fourth-order valence-electron chi connectivity index (χ4n) is 8.38. The summed E-state index contributed by atoms with van der Waals surface area (Å²) in [6.07, 6.45) is -4.49. The van der Waals surface area contributed by atoms with Crippen LogP contribution >= 0.6 is 0 Å². The SMILES string of the molecule is Cc1ccc(-c2cc(-c3cc(-c4ccccc4)nc(-c4ccccc4)n3)cc(-c3ccc(C(F)(F)F)cc3)c2-n2c3ccccc3c3cc(-c4ccccc4C)ccc32)cc1. The van der Waals surface area contributed by atoms with Gasteiger partial charge in [0.25, 0.3) is 0 Å². The lowest BCUT2D eigenvalue weighted by molar-refractivity contribution is -0.137. The number of fused-ring (bicyclic) bond motifs is 3. The molecule has 0 atom stereocenters. The van der Waals surface area contributed by atoms with Crippen LogP contribution in [0.25, 0.3) is 94.8 Å². The van der Waals surface area contributed by atoms with Gasteiger partial charge in [-0.25, -0.2) is 9.97 Å². The molecule has 0 N–H and O–H groups in total. The zero-order valence-corrected chi connectivity index (χ0v) is 33.5. The van der Waals surface area contributed by atoms with Gasteiger partial charge in [0.2, 0.25) is 0 Å². The van der Waals surface area contributed by atoms with Gasteiger partial charge in [-0.2, -0.15) is 13.2 Å². The summed E-state index contributed by atoms with van der Waals surface area (Å²) in [4.78, 5) is 10.2. The van der Waals surface area contributed by atoms with Crippen molar-refractivity contribution in [3.05, 3.63) is 211 Å². The number of aryl methyl sites for hydroxylation is 2. The van der Waals surface area contributed by atoms with E-state index in [1.807, 2.05) is 72.8 Å². The molecule has 0 amide bonds. The maximum Gasteiger partial charge on any atom is 0.416 e. The second-order valence-corrected chi connectivity index (χ2v) is 15.5. The van der Waals surface area contributed by atoms with E-state index in [9.17, 15) is 13.2 Å². The average molecular weight is 798 g/mol. The van der Waals surface area contributed by atoms with Crippen LogP contribution in [-0.2, 0) is 6.18 Å². The average Bonchev–Trinajstić information content (AvgIpc) is 3.62. The van der Waals surface area contributed by atoms with E-state index in [1.165, 1.54) is 17.7 Å². The van der Waals surface area contributed by atoms with Crippen LogP contribution in [0.1, 0.15) is 16.7 Å². The van der Waals surface area contributed by atoms with E-state index in [4.69, 9.17) is 9.97 Å². The monoisotopic (exact) mass is 797 g/mol. The first-order chi connectivity index (χ1) is 29.7. The summed E-state index contributed by atoms with van der Waals surface area (Å²) in [7, 11) is 0. The molecule has 2 aromatic heterocycles. The summed E-state index contributed by atoms with van der Waals surface area (Å²) >= 11 is 0. The Morgan fingerprint density at radius 1 is 0.410 bits per heavy atom. The molecular formula is C55H38F3N3. The van der Waals surface area contributed by atoms with Crippen molar-refractivity contribution in [1.82, 2.24) is 14.5 Å². The first-order valence-corrected chi connectivity index (χ1v) is 20.2. The number of aromatic nitrogens is 3. The number of hydrogen-bond acceptors (Lipinski definition) is 2. The van der Waals surface area contributed by atoms with Crippen LogP contribution in [-0.4, -0.2) is 14.5 Å². The van der Waals surface area contributed by atoms with E-state index < -0.39 is 11.7 Å². The molecule has 3 nitrogen and oxygen atoms in total. The van der Waals surface area contributed by atoms with Crippen molar-refractivity contribution >= 4 is 21.8 Å². The summed E-state index contributed by atoms with van der Waals surface area (Å²) in [5.41, 5.74) is 14.0. The van der Waals surface area contributed by atoms with Gasteiger partial charge in [-0.1, -0.05) is 151 Å². The molecule has 10 aromatic rings. The Labute approximate surface area is 352 Å². The molecular weight excluding hydrogens is 760 g/mol. The number of para-hydroxylation sites is 1. The van der Waals surface area contributed by atoms with Crippen LogP contribution in [0.2, 0.25) is 0 Å². The van der Waals surface area contributed by atoms with E-state index in [-0.39, 0.29) is 0 Å². The third kappa shape index (κ3) is 7.06. The summed E-state index contributed by atoms with van der Waals surface area (Å²) in [5.74, 6) is 0.570. The zero-order valence-electron chi connectivity index (χ0n) is 33.5. The Morgan fingerprint density at radius 3 is 1.61 bits per heavy atom. The number of halogens is 3. The highest BCUT2D eigenvalue weighted by Crippen LogP contribution is 2.45. The van der Waals surface area contributed by atoms with Gasteiger partial charge in [0.15, 0.2) is 5.82 Å². The lowest BCUT2D eigenvalue weighted by Gasteiger charge is -2.22.